The Morgan fingerprint density at radius 2 is 2.20 bits per heavy atom. The van der Waals surface area contributed by atoms with Gasteiger partial charge in [-0.1, -0.05) is 6.07 Å². The van der Waals surface area contributed by atoms with Gasteiger partial charge < -0.3 is 4.98 Å². The monoisotopic (exact) mass is 200 g/mol. The van der Waals surface area contributed by atoms with Crippen LogP contribution in [0.4, 0.5) is 0 Å². The second kappa shape index (κ2) is 3.88. The fraction of sp³-hybridized carbons (Fsp3) is 0. The van der Waals surface area contributed by atoms with E-state index in [0.717, 1.165) is 0 Å². The van der Waals surface area contributed by atoms with Crippen molar-refractivity contribution >= 4 is 6.29 Å². The molecule has 2 aromatic heterocycles. The first-order valence-electron chi connectivity index (χ1n) is 4.40. The molecular formula is C11H8N2O2. The lowest BCUT2D eigenvalue weighted by Crippen LogP contribution is -2.10. The first-order chi connectivity index (χ1) is 7.33. The zero-order valence-electron chi connectivity index (χ0n) is 7.81. The van der Waals surface area contributed by atoms with Crippen LogP contribution in [0.25, 0.3) is 11.1 Å². The predicted molar refractivity (Wildman–Crippen MR) is 55.7 cm³/mol. The molecule has 0 saturated heterocycles. The summed E-state index contributed by atoms with van der Waals surface area (Å²) < 4.78 is 0. The SMILES string of the molecule is O=Cc1cc[nH]c(=O)c1-c1cccnc1. The summed E-state index contributed by atoms with van der Waals surface area (Å²) in [4.78, 5) is 28.8. The molecule has 0 radical (unpaired) electrons. The molecular weight excluding hydrogens is 192 g/mol. The van der Waals surface area contributed by atoms with Crippen LogP contribution >= 0.6 is 0 Å². The highest BCUT2D eigenvalue weighted by Crippen LogP contribution is 2.16. The van der Waals surface area contributed by atoms with Gasteiger partial charge in [-0.3, -0.25) is 14.6 Å². The molecule has 0 aliphatic rings. The second-order valence-electron chi connectivity index (χ2n) is 3.00. The predicted octanol–water partition coefficient (Wildman–Crippen LogP) is 1.25. The third-order valence-corrected chi connectivity index (χ3v) is 2.07. The Morgan fingerprint density at radius 1 is 1.33 bits per heavy atom. The average molecular weight is 200 g/mol. The minimum absolute atomic E-state index is 0.285. The van der Waals surface area contributed by atoms with Crippen molar-refractivity contribution in [2.45, 2.75) is 0 Å². The Morgan fingerprint density at radius 3 is 2.87 bits per heavy atom. The van der Waals surface area contributed by atoms with Crippen molar-refractivity contribution in [3.05, 3.63) is 52.7 Å². The smallest absolute Gasteiger partial charge is 0.256 e. The number of hydrogen-bond donors (Lipinski definition) is 1. The van der Waals surface area contributed by atoms with E-state index in [4.69, 9.17) is 0 Å². The molecule has 0 aliphatic carbocycles. The maximum absolute atomic E-state index is 11.6. The van der Waals surface area contributed by atoms with Gasteiger partial charge in [0.15, 0.2) is 6.29 Å². The van der Waals surface area contributed by atoms with Gasteiger partial charge in [-0.25, -0.2) is 0 Å². The van der Waals surface area contributed by atoms with Crippen molar-refractivity contribution in [3.8, 4) is 11.1 Å². The third-order valence-electron chi connectivity index (χ3n) is 2.07. The molecule has 0 amide bonds. The number of aldehydes is 1. The molecule has 4 nitrogen and oxygen atoms in total. The maximum Gasteiger partial charge on any atom is 0.256 e. The number of hydrogen-bond acceptors (Lipinski definition) is 3. The highest BCUT2D eigenvalue weighted by atomic mass is 16.1. The normalized spacial score (nSPS) is 9.87. The molecule has 15 heavy (non-hydrogen) atoms. The molecule has 74 valence electrons. The van der Waals surface area contributed by atoms with Gasteiger partial charge in [-0.2, -0.15) is 0 Å². The number of H-pyrrole nitrogens is 1. The van der Waals surface area contributed by atoms with Crippen LogP contribution in [0.5, 0.6) is 0 Å². The Kier molecular flexibility index (Phi) is 2.41. The summed E-state index contributed by atoms with van der Waals surface area (Å²) >= 11 is 0. The molecule has 4 heteroatoms. The van der Waals surface area contributed by atoms with E-state index in [1.54, 1.807) is 30.6 Å². The highest BCUT2D eigenvalue weighted by molar-refractivity contribution is 5.86. The molecule has 0 unspecified atom stereocenters. The first kappa shape index (κ1) is 9.33. The van der Waals surface area contributed by atoms with E-state index in [-0.39, 0.29) is 5.56 Å². The highest BCUT2D eigenvalue weighted by Gasteiger charge is 2.08. The van der Waals surface area contributed by atoms with Crippen molar-refractivity contribution in [2.75, 3.05) is 0 Å². The number of nitrogens with zero attached hydrogens (tertiary/aromatic N) is 1. The number of rotatable bonds is 2. The van der Waals surface area contributed by atoms with Crippen LogP contribution in [-0.2, 0) is 0 Å². The van der Waals surface area contributed by atoms with Gasteiger partial charge in [-0.05, 0) is 12.1 Å². The summed E-state index contributed by atoms with van der Waals surface area (Å²) in [7, 11) is 0. The van der Waals surface area contributed by atoms with Gasteiger partial charge >= 0.3 is 0 Å². The molecule has 0 spiro atoms. The molecule has 0 saturated carbocycles. The Hall–Kier alpha value is -2.23. The average Bonchev–Trinajstić information content (AvgIpc) is 2.29. The summed E-state index contributed by atoms with van der Waals surface area (Å²) in [5, 5.41) is 0. The first-order valence-corrected chi connectivity index (χ1v) is 4.40. The number of carbonyl (C=O) groups excluding carboxylic acids is 1. The molecule has 0 atom stereocenters. The quantitative estimate of drug-likeness (QED) is 0.742. The van der Waals surface area contributed by atoms with E-state index in [0.29, 0.717) is 23.0 Å². The zero-order chi connectivity index (χ0) is 10.7. The zero-order valence-corrected chi connectivity index (χ0v) is 7.81. The van der Waals surface area contributed by atoms with Crippen molar-refractivity contribution in [1.82, 2.24) is 9.97 Å². The van der Waals surface area contributed by atoms with Gasteiger partial charge in [0.2, 0.25) is 0 Å². The summed E-state index contributed by atoms with van der Waals surface area (Å²) in [5.74, 6) is 0. The van der Waals surface area contributed by atoms with Gasteiger partial charge in [0.05, 0.1) is 5.56 Å². The van der Waals surface area contributed by atoms with E-state index >= 15 is 0 Å². The molecule has 2 heterocycles. The van der Waals surface area contributed by atoms with Gasteiger partial charge in [0, 0.05) is 29.7 Å². The standard InChI is InChI=1S/C11H8N2O2/c14-7-9-3-5-13-11(15)10(9)8-2-1-4-12-6-8/h1-7H,(H,13,15). The summed E-state index contributed by atoms with van der Waals surface area (Å²) in [6, 6.07) is 5.03. The number of pyridine rings is 2. The van der Waals surface area contributed by atoms with E-state index in [1.165, 1.54) is 6.20 Å². The fourth-order valence-electron chi connectivity index (χ4n) is 1.40. The summed E-state index contributed by atoms with van der Waals surface area (Å²) in [6.07, 6.45) is 5.28. The Labute approximate surface area is 85.6 Å². The van der Waals surface area contributed by atoms with Crippen molar-refractivity contribution < 1.29 is 4.79 Å². The summed E-state index contributed by atoms with van der Waals surface area (Å²) in [5.41, 5.74) is 1.08. The van der Waals surface area contributed by atoms with Crippen LogP contribution in [0.2, 0.25) is 0 Å². The molecule has 0 aromatic carbocycles. The topological polar surface area (TPSA) is 62.8 Å². The molecule has 1 N–H and O–H groups in total. The van der Waals surface area contributed by atoms with Crippen LogP contribution in [-0.4, -0.2) is 16.3 Å². The molecule has 0 bridgehead atoms. The van der Waals surface area contributed by atoms with Gasteiger partial charge in [0.25, 0.3) is 5.56 Å². The lowest BCUT2D eigenvalue weighted by molar-refractivity contribution is 0.112. The van der Waals surface area contributed by atoms with Crippen molar-refractivity contribution in [3.63, 3.8) is 0 Å². The van der Waals surface area contributed by atoms with Crippen molar-refractivity contribution in [2.24, 2.45) is 0 Å². The number of aromatic amines is 1. The lowest BCUT2D eigenvalue weighted by Gasteiger charge is -2.01. The lowest BCUT2D eigenvalue weighted by atomic mass is 10.0. The molecule has 2 aromatic rings. The second-order valence-corrected chi connectivity index (χ2v) is 3.00. The Bertz CT molecular complexity index is 532. The molecule has 2 rings (SSSR count). The Balaban J connectivity index is 2.72. The van der Waals surface area contributed by atoms with E-state index in [1.807, 2.05) is 0 Å². The largest absolute Gasteiger partial charge is 0.329 e. The number of carbonyl (C=O) groups is 1. The van der Waals surface area contributed by atoms with E-state index in [9.17, 15) is 9.59 Å². The van der Waals surface area contributed by atoms with Crippen LogP contribution in [0.15, 0.2) is 41.6 Å². The van der Waals surface area contributed by atoms with Crippen LogP contribution in [0.3, 0.4) is 0 Å². The van der Waals surface area contributed by atoms with E-state index < -0.39 is 0 Å². The van der Waals surface area contributed by atoms with Crippen LogP contribution in [0.1, 0.15) is 10.4 Å². The van der Waals surface area contributed by atoms with Gasteiger partial charge in [-0.15, -0.1) is 0 Å². The van der Waals surface area contributed by atoms with Crippen molar-refractivity contribution in [1.29, 1.82) is 0 Å². The van der Waals surface area contributed by atoms with E-state index in [2.05, 4.69) is 9.97 Å². The molecule has 0 aliphatic heterocycles. The third kappa shape index (κ3) is 1.69. The maximum atomic E-state index is 11.6. The minimum atomic E-state index is -0.285. The van der Waals surface area contributed by atoms with Gasteiger partial charge in [0.1, 0.15) is 0 Å². The number of nitrogens with one attached hydrogen (secondary N) is 1. The number of aromatic nitrogens is 2. The minimum Gasteiger partial charge on any atom is -0.329 e. The van der Waals surface area contributed by atoms with Crippen LogP contribution < -0.4 is 5.56 Å². The van der Waals surface area contributed by atoms with Crippen LogP contribution in [0, 0.1) is 0 Å². The summed E-state index contributed by atoms with van der Waals surface area (Å²) in [6.45, 7) is 0. The fourth-order valence-corrected chi connectivity index (χ4v) is 1.40. The molecule has 0 fully saturated rings.